The Morgan fingerprint density at radius 1 is 0.714 bits per heavy atom. The fourth-order valence-corrected chi connectivity index (χ4v) is 5.87. The minimum absolute atomic E-state index is 1.05. The van der Waals surface area contributed by atoms with Crippen molar-refractivity contribution >= 4 is 30.1 Å². The average molecular weight is 457 g/mol. The van der Waals surface area contributed by atoms with Gasteiger partial charge in [0, 0.05) is 0 Å². The number of unbranched alkanes of at least 4 members (excludes halogenated alkanes) is 6. The molecule has 0 heterocycles. The fraction of sp³-hybridized carbons (Fsp3) is 0.364. The van der Waals surface area contributed by atoms with E-state index in [1.165, 1.54) is 47.4 Å². The summed E-state index contributed by atoms with van der Waals surface area (Å²) < 4.78 is 41.8. The molecule has 0 saturated carbocycles. The molecule has 0 bridgehead atoms. The van der Waals surface area contributed by atoms with Gasteiger partial charge < -0.3 is 17.3 Å². The molecule has 0 nitrogen and oxygen atoms in total. The molecule has 0 aromatic heterocycles. The van der Waals surface area contributed by atoms with Gasteiger partial charge in [-0.2, -0.15) is 0 Å². The summed E-state index contributed by atoms with van der Waals surface area (Å²) in [5.41, 5.74) is 0. The van der Waals surface area contributed by atoms with Gasteiger partial charge in [-0.15, -0.1) is 0 Å². The van der Waals surface area contributed by atoms with Gasteiger partial charge in [0.05, 0.1) is 0 Å². The third-order valence-electron chi connectivity index (χ3n) is 3.79. The summed E-state index contributed by atoms with van der Waals surface area (Å²) in [6, 6.07) is 21.6. The first kappa shape index (κ1) is 24.3. The van der Waals surface area contributed by atoms with Crippen molar-refractivity contribution in [2.75, 3.05) is 0 Å². The van der Waals surface area contributed by atoms with Gasteiger partial charge in [0.15, 0.2) is 0 Å². The van der Waals surface area contributed by atoms with Crippen LogP contribution >= 0.6 is 0 Å². The molecule has 0 aliphatic heterocycles. The molecule has 6 heteroatoms. The average Bonchev–Trinajstić information content (AvgIpc) is 2.67. The molecule has 0 N–H and O–H groups in total. The predicted octanol–water partition coefficient (Wildman–Crippen LogP) is 5.89. The molecule has 0 atom stereocenters. The van der Waals surface area contributed by atoms with Crippen molar-refractivity contribution in [2.24, 2.45) is 0 Å². The van der Waals surface area contributed by atoms with Crippen LogP contribution in [-0.4, -0.2) is 21.2 Å². The zero-order chi connectivity index (χ0) is 20.7. The number of hydrogen-bond acceptors (Lipinski definition) is 0. The van der Waals surface area contributed by atoms with Crippen LogP contribution in [0.3, 0.4) is 0 Å². The van der Waals surface area contributed by atoms with Crippen LogP contribution < -0.4 is 8.92 Å². The van der Waals surface area contributed by atoms with E-state index in [9.17, 15) is 17.3 Å². The summed E-state index contributed by atoms with van der Waals surface area (Å²) >= 11 is -1.22. The zero-order valence-corrected chi connectivity index (χ0v) is 17.9. The number of hydrogen-bond donors (Lipinski definition) is 0. The summed E-state index contributed by atoms with van der Waals surface area (Å²) in [6.45, 7) is 2.27. The second-order valence-electron chi connectivity index (χ2n) is 6.22. The molecule has 0 aliphatic carbocycles. The van der Waals surface area contributed by atoms with Gasteiger partial charge in [-0.3, -0.25) is 0 Å². The van der Waals surface area contributed by atoms with Gasteiger partial charge in [0.25, 0.3) is 0 Å². The first-order chi connectivity index (χ1) is 13.4. The molecule has 2 aromatic rings. The number of benzene rings is 2. The molecule has 0 amide bonds. The van der Waals surface area contributed by atoms with E-state index in [1.807, 2.05) is 0 Å². The van der Waals surface area contributed by atoms with E-state index in [-0.39, 0.29) is 0 Å². The first-order valence-corrected chi connectivity index (χ1v) is 12.2. The van der Waals surface area contributed by atoms with Crippen LogP contribution in [0.2, 0.25) is 0 Å². The molecule has 0 spiro atoms. The summed E-state index contributed by atoms with van der Waals surface area (Å²) in [7, 11) is -6.00. The van der Waals surface area contributed by atoms with Gasteiger partial charge in [-0.05, 0) is 0 Å². The Kier molecular flexibility index (Phi) is 12.5. The van der Waals surface area contributed by atoms with Crippen LogP contribution in [0, 0.1) is 10.7 Å². The van der Waals surface area contributed by atoms with Crippen LogP contribution in [0.1, 0.15) is 51.9 Å². The van der Waals surface area contributed by atoms with E-state index in [0.717, 1.165) is 6.42 Å². The quantitative estimate of drug-likeness (QED) is 0.201. The molecule has 28 heavy (non-hydrogen) atoms. The molecule has 0 fully saturated rings. The molecular formula is C22H27BF4Se. The predicted molar refractivity (Wildman–Crippen MR) is 114 cm³/mol. The smallest absolute Gasteiger partial charge is 0.418 e. The van der Waals surface area contributed by atoms with Crippen LogP contribution in [0.5, 0.6) is 0 Å². The van der Waals surface area contributed by atoms with E-state index < -0.39 is 21.2 Å². The van der Waals surface area contributed by atoms with E-state index in [1.54, 1.807) is 0 Å². The topological polar surface area (TPSA) is 0 Å². The molecule has 0 saturated heterocycles. The SMILES string of the molecule is CCCCCCCCC#C[Se+](c1ccccc1)c1ccccc1.F[B-](F)(F)F. The third-order valence-corrected chi connectivity index (χ3v) is 7.64. The Morgan fingerprint density at radius 2 is 1.14 bits per heavy atom. The minimum atomic E-state index is -6.00. The fourth-order valence-electron chi connectivity index (χ4n) is 2.48. The van der Waals surface area contributed by atoms with Crippen molar-refractivity contribution in [1.29, 1.82) is 0 Å². The van der Waals surface area contributed by atoms with Crippen molar-refractivity contribution < 1.29 is 17.3 Å². The number of rotatable bonds is 8. The maximum Gasteiger partial charge on any atom is 0.673 e. The molecule has 0 radical (unpaired) electrons. The Balaban J connectivity index is 0.000000696. The van der Waals surface area contributed by atoms with E-state index in [0.29, 0.717) is 0 Å². The van der Waals surface area contributed by atoms with Crippen LogP contribution in [0.4, 0.5) is 17.3 Å². The van der Waals surface area contributed by atoms with Crippen molar-refractivity contribution in [1.82, 2.24) is 0 Å². The molecular weight excluding hydrogens is 430 g/mol. The van der Waals surface area contributed by atoms with Gasteiger partial charge in [0.1, 0.15) is 0 Å². The van der Waals surface area contributed by atoms with E-state index in [4.69, 9.17) is 0 Å². The Hall–Kier alpha value is -1.70. The zero-order valence-electron chi connectivity index (χ0n) is 16.2. The third kappa shape index (κ3) is 12.6. The summed E-state index contributed by atoms with van der Waals surface area (Å²) in [5, 5.41) is 0. The Bertz CT molecular complexity index is 648. The minimum Gasteiger partial charge on any atom is -0.418 e. The van der Waals surface area contributed by atoms with Gasteiger partial charge in [0.2, 0.25) is 0 Å². The molecule has 0 unspecified atom stereocenters. The molecule has 2 aromatic carbocycles. The van der Waals surface area contributed by atoms with Crippen LogP contribution in [-0.2, 0) is 0 Å². The Labute approximate surface area is 170 Å². The second-order valence-corrected chi connectivity index (χ2v) is 9.91. The van der Waals surface area contributed by atoms with E-state index >= 15 is 0 Å². The molecule has 152 valence electrons. The summed E-state index contributed by atoms with van der Waals surface area (Å²) in [5.74, 6) is 3.48. The summed E-state index contributed by atoms with van der Waals surface area (Å²) in [4.78, 5) is 3.63. The largest absolute Gasteiger partial charge is 0.673 e. The van der Waals surface area contributed by atoms with Crippen LogP contribution in [0.15, 0.2) is 60.7 Å². The number of halogens is 4. The van der Waals surface area contributed by atoms with Gasteiger partial charge in [-0.1, -0.05) is 0 Å². The summed E-state index contributed by atoms with van der Waals surface area (Å²) in [6.07, 6.45) is 9.07. The normalized spacial score (nSPS) is 10.6. The standard InChI is InChI=1S/C22H27Se.BF4/c1-2-3-4-5-6-7-8-15-20-23(21-16-11-9-12-17-21)22-18-13-10-14-19-22;2-1(3,4)5/h9-14,16-19H,2-8H2,1H3;/q+1;-1. The first-order valence-electron chi connectivity index (χ1n) is 9.62. The van der Waals surface area contributed by atoms with Gasteiger partial charge in [-0.25, -0.2) is 0 Å². The Morgan fingerprint density at radius 3 is 1.61 bits per heavy atom. The molecule has 2 rings (SSSR count). The van der Waals surface area contributed by atoms with Crippen LogP contribution in [0.25, 0.3) is 0 Å². The monoisotopic (exact) mass is 458 g/mol. The van der Waals surface area contributed by atoms with Crippen molar-refractivity contribution in [3.05, 3.63) is 60.7 Å². The second kappa shape index (κ2) is 14.3. The maximum atomic E-state index is 9.75. The van der Waals surface area contributed by atoms with Crippen molar-refractivity contribution in [3.63, 3.8) is 0 Å². The van der Waals surface area contributed by atoms with Crippen molar-refractivity contribution in [3.8, 4) is 10.7 Å². The van der Waals surface area contributed by atoms with E-state index in [2.05, 4.69) is 78.3 Å². The molecule has 0 aliphatic rings. The maximum absolute atomic E-state index is 9.75. The van der Waals surface area contributed by atoms with Gasteiger partial charge >= 0.3 is 153 Å². The van der Waals surface area contributed by atoms with Crippen molar-refractivity contribution in [2.45, 2.75) is 51.9 Å².